The largest absolute Gasteiger partial charge is 0.496 e. The number of hydrogen-bond donors (Lipinski definition) is 0. The summed E-state index contributed by atoms with van der Waals surface area (Å²) >= 11 is 0. The number of ether oxygens (including phenoxy) is 1. The van der Waals surface area contributed by atoms with Gasteiger partial charge in [0.1, 0.15) is 5.75 Å². The quantitative estimate of drug-likeness (QED) is 0.868. The fraction of sp³-hybridized carbons (Fsp3) is 0.412. The van der Waals surface area contributed by atoms with E-state index >= 15 is 0 Å². The molecule has 110 valence electrons. The molecule has 0 unspecified atom stereocenters. The van der Waals surface area contributed by atoms with Gasteiger partial charge in [0.15, 0.2) is 0 Å². The number of nitrogens with zero attached hydrogens (tertiary/aromatic N) is 3. The van der Waals surface area contributed by atoms with Crippen LogP contribution in [0.2, 0.25) is 0 Å². The molecule has 21 heavy (non-hydrogen) atoms. The molecule has 1 aliphatic heterocycles. The van der Waals surface area contributed by atoms with Crippen LogP contribution in [-0.4, -0.2) is 42.1 Å². The molecule has 2 aromatic rings. The maximum atomic E-state index is 5.49. The third kappa shape index (κ3) is 2.90. The van der Waals surface area contributed by atoms with Gasteiger partial charge < -0.3 is 9.64 Å². The highest BCUT2D eigenvalue weighted by atomic mass is 16.5. The van der Waals surface area contributed by atoms with Crippen molar-refractivity contribution in [2.24, 2.45) is 0 Å². The Labute approximate surface area is 125 Å². The second kappa shape index (κ2) is 6.22. The number of hydrogen-bond acceptors (Lipinski definition) is 4. The summed E-state index contributed by atoms with van der Waals surface area (Å²) in [5.74, 6) is 1.29. The Morgan fingerprint density at radius 2 is 2.00 bits per heavy atom. The number of likely N-dealkylation sites (tertiary alicyclic amines) is 1. The number of rotatable bonds is 3. The normalized spacial score (nSPS) is 19.4. The molecular formula is C17H21N3O. The first-order valence-electron chi connectivity index (χ1n) is 7.42. The minimum atomic E-state index is 0.442. The van der Waals surface area contributed by atoms with Crippen LogP contribution in [0.1, 0.15) is 24.5 Å². The van der Waals surface area contributed by atoms with Gasteiger partial charge in [0.25, 0.3) is 0 Å². The van der Waals surface area contributed by atoms with Crippen LogP contribution in [0.3, 0.4) is 0 Å². The van der Waals surface area contributed by atoms with Crippen LogP contribution in [-0.2, 0) is 0 Å². The predicted molar refractivity (Wildman–Crippen MR) is 83.5 cm³/mol. The molecule has 4 nitrogen and oxygen atoms in total. The smallest absolute Gasteiger partial charge is 0.128 e. The van der Waals surface area contributed by atoms with Crippen LogP contribution in [0.4, 0.5) is 0 Å². The number of para-hydroxylation sites is 1. The lowest BCUT2D eigenvalue weighted by molar-refractivity contribution is 0.248. The lowest BCUT2D eigenvalue weighted by Crippen LogP contribution is -2.31. The van der Waals surface area contributed by atoms with E-state index in [2.05, 4.69) is 28.0 Å². The van der Waals surface area contributed by atoms with Crippen molar-refractivity contribution in [2.45, 2.75) is 18.8 Å². The topological polar surface area (TPSA) is 38.3 Å². The minimum absolute atomic E-state index is 0.442. The van der Waals surface area contributed by atoms with Gasteiger partial charge in [-0.1, -0.05) is 12.1 Å². The van der Waals surface area contributed by atoms with Gasteiger partial charge in [-0.25, -0.2) is 0 Å². The van der Waals surface area contributed by atoms with Crippen molar-refractivity contribution in [1.29, 1.82) is 0 Å². The predicted octanol–water partition coefficient (Wildman–Crippen LogP) is 2.96. The van der Waals surface area contributed by atoms with Gasteiger partial charge in [0.2, 0.25) is 0 Å². The molecular weight excluding hydrogens is 262 g/mol. The maximum Gasteiger partial charge on any atom is 0.128 e. The first kappa shape index (κ1) is 14.0. The summed E-state index contributed by atoms with van der Waals surface area (Å²) in [5, 5.41) is 0. The van der Waals surface area contributed by atoms with Crippen LogP contribution in [0.5, 0.6) is 5.75 Å². The Bertz CT molecular complexity index is 614. The van der Waals surface area contributed by atoms with Crippen LogP contribution >= 0.6 is 0 Å². The third-order valence-corrected chi connectivity index (χ3v) is 4.10. The van der Waals surface area contributed by atoms with Crippen molar-refractivity contribution < 1.29 is 4.74 Å². The van der Waals surface area contributed by atoms with Crippen LogP contribution < -0.4 is 4.74 Å². The Hall–Kier alpha value is -1.94. The monoisotopic (exact) mass is 283 g/mol. The second-order valence-electron chi connectivity index (χ2n) is 5.59. The number of likely N-dealkylation sites (N-methyl/N-ethyl adjacent to an activating group) is 1. The molecule has 0 spiro atoms. The van der Waals surface area contributed by atoms with Crippen LogP contribution in [0, 0.1) is 0 Å². The van der Waals surface area contributed by atoms with Gasteiger partial charge >= 0.3 is 0 Å². The van der Waals surface area contributed by atoms with E-state index in [0.717, 1.165) is 29.2 Å². The fourth-order valence-electron chi connectivity index (χ4n) is 3.08. The molecule has 0 saturated carbocycles. The number of aromatic nitrogens is 2. The first-order valence-corrected chi connectivity index (χ1v) is 7.42. The molecule has 4 heteroatoms. The van der Waals surface area contributed by atoms with Gasteiger partial charge in [-0.15, -0.1) is 0 Å². The van der Waals surface area contributed by atoms with E-state index in [-0.39, 0.29) is 0 Å². The fourth-order valence-corrected chi connectivity index (χ4v) is 3.08. The van der Waals surface area contributed by atoms with Crippen molar-refractivity contribution in [3.63, 3.8) is 0 Å². The molecule has 0 aliphatic carbocycles. The van der Waals surface area contributed by atoms with E-state index in [1.165, 1.54) is 19.4 Å². The van der Waals surface area contributed by atoms with E-state index in [4.69, 9.17) is 4.74 Å². The Balaban J connectivity index is 2.03. The molecule has 0 amide bonds. The zero-order chi connectivity index (χ0) is 14.7. The maximum absolute atomic E-state index is 5.49. The molecule has 1 saturated heterocycles. The van der Waals surface area contributed by atoms with Crippen molar-refractivity contribution in [3.05, 3.63) is 42.4 Å². The van der Waals surface area contributed by atoms with Crippen LogP contribution in [0.25, 0.3) is 11.3 Å². The van der Waals surface area contributed by atoms with Crippen molar-refractivity contribution >= 4 is 0 Å². The number of piperidine rings is 1. The Morgan fingerprint density at radius 3 is 2.81 bits per heavy atom. The van der Waals surface area contributed by atoms with E-state index in [1.807, 2.05) is 18.2 Å². The van der Waals surface area contributed by atoms with E-state index in [9.17, 15) is 0 Å². The molecule has 1 aliphatic rings. The molecule has 1 aromatic carbocycles. The molecule has 1 fully saturated rings. The summed E-state index contributed by atoms with van der Waals surface area (Å²) in [7, 11) is 3.87. The molecule has 2 heterocycles. The van der Waals surface area contributed by atoms with Gasteiger partial charge in [-0.3, -0.25) is 9.97 Å². The molecule has 0 bridgehead atoms. The standard InChI is InChI=1S/C17H21N3O/c1-20-11-5-6-13(12-20)16-17(19-10-9-18-16)14-7-3-4-8-15(14)21-2/h3-4,7-10,13H,5-6,11-12H2,1-2H3/t13-/m1/s1. The summed E-state index contributed by atoms with van der Waals surface area (Å²) in [6.07, 6.45) is 5.94. The number of methoxy groups -OCH3 is 1. The average molecular weight is 283 g/mol. The molecule has 1 atom stereocenters. The minimum Gasteiger partial charge on any atom is -0.496 e. The van der Waals surface area contributed by atoms with E-state index < -0.39 is 0 Å². The summed E-state index contributed by atoms with van der Waals surface area (Å²) in [5.41, 5.74) is 3.07. The third-order valence-electron chi connectivity index (χ3n) is 4.10. The van der Waals surface area contributed by atoms with Gasteiger partial charge in [-0.05, 0) is 38.6 Å². The van der Waals surface area contributed by atoms with E-state index in [1.54, 1.807) is 19.5 Å². The highest BCUT2D eigenvalue weighted by Gasteiger charge is 2.24. The summed E-state index contributed by atoms with van der Waals surface area (Å²) in [6, 6.07) is 8.02. The number of benzene rings is 1. The second-order valence-corrected chi connectivity index (χ2v) is 5.59. The molecule has 3 rings (SSSR count). The van der Waals surface area contributed by atoms with Gasteiger partial charge in [0.05, 0.1) is 18.5 Å². The first-order chi connectivity index (χ1) is 10.3. The summed E-state index contributed by atoms with van der Waals surface area (Å²) in [4.78, 5) is 11.6. The average Bonchev–Trinajstić information content (AvgIpc) is 2.55. The lowest BCUT2D eigenvalue weighted by atomic mass is 9.91. The Morgan fingerprint density at radius 1 is 1.19 bits per heavy atom. The molecule has 1 aromatic heterocycles. The van der Waals surface area contributed by atoms with E-state index in [0.29, 0.717) is 5.92 Å². The van der Waals surface area contributed by atoms with Gasteiger partial charge in [0, 0.05) is 30.4 Å². The molecule has 0 radical (unpaired) electrons. The zero-order valence-corrected chi connectivity index (χ0v) is 12.6. The van der Waals surface area contributed by atoms with Crippen molar-refractivity contribution in [2.75, 3.05) is 27.2 Å². The molecule has 0 N–H and O–H groups in total. The van der Waals surface area contributed by atoms with Crippen molar-refractivity contribution in [1.82, 2.24) is 14.9 Å². The highest BCUT2D eigenvalue weighted by Crippen LogP contribution is 2.35. The zero-order valence-electron chi connectivity index (χ0n) is 12.6. The Kier molecular flexibility index (Phi) is 4.15. The van der Waals surface area contributed by atoms with Crippen molar-refractivity contribution in [3.8, 4) is 17.0 Å². The highest BCUT2D eigenvalue weighted by molar-refractivity contribution is 5.69. The van der Waals surface area contributed by atoms with Crippen LogP contribution in [0.15, 0.2) is 36.7 Å². The summed E-state index contributed by atoms with van der Waals surface area (Å²) in [6.45, 7) is 2.21. The summed E-state index contributed by atoms with van der Waals surface area (Å²) < 4.78 is 5.49. The SMILES string of the molecule is COc1ccccc1-c1nccnc1[C@@H]1CCCN(C)C1. The van der Waals surface area contributed by atoms with Gasteiger partial charge in [-0.2, -0.15) is 0 Å². The lowest BCUT2D eigenvalue weighted by Gasteiger charge is -2.30.